The molecule has 2 aromatic rings. The summed E-state index contributed by atoms with van der Waals surface area (Å²) in [6.45, 7) is 7.07. The van der Waals surface area contributed by atoms with Gasteiger partial charge in [-0.2, -0.15) is 0 Å². The predicted molar refractivity (Wildman–Crippen MR) is 101 cm³/mol. The molecular weight excluding hydrogens is 352 g/mol. The van der Waals surface area contributed by atoms with Gasteiger partial charge in [0.25, 0.3) is 0 Å². The minimum atomic E-state index is 0.0134. The van der Waals surface area contributed by atoms with Crippen LogP contribution in [-0.2, 0) is 4.79 Å². The quantitative estimate of drug-likeness (QED) is 0.717. The second-order valence-corrected chi connectivity index (χ2v) is 6.84. The maximum absolute atomic E-state index is 12.0. The van der Waals surface area contributed by atoms with Gasteiger partial charge in [-0.1, -0.05) is 48.0 Å². The lowest BCUT2D eigenvalue weighted by molar-refractivity contribution is -0.115. The maximum Gasteiger partial charge on any atom is 0.226 e. The van der Waals surface area contributed by atoms with Crippen molar-refractivity contribution in [2.45, 2.75) is 33.1 Å². The molecule has 0 unspecified atom stereocenters. The molecule has 0 spiro atoms. The van der Waals surface area contributed by atoms with E-state index in [2.05, 4.69) is 65.5 Å². The van der Waals surface area contributed by atoms with Gasteiger partial charge >= 0.3 is 0 Å². The third-order valence-corrected chi connectivity index (χ3v) is 4.24. The Labute approximate surface area is 146 Å². The summed E-state index contributed by atoms with van der Waals surface area (Å²) >= 11 is 3.38. The first kappa shape index (κ1) is 17.5. The summed E-state index contributed by atoms with van der Waals surface area (Å²) in [4.78, 5) is 12.0. The molecule has 122 valence electrons. The second kappa shape index (κ2) is 8.16. The highest BCUT2D eigenvalue weighted by Gasteiger charge is 2.09. The average molecular weight is 375 g/mol. The first-order valence-electron chi connectivity index (χ1n) is 7.86. The number of carbonyl (C=O) groups excluding carboxylic acids is 1. The first-order valence-corrected chi connectivity index (χ1v) is 8.65. The lowest BCUT2D eigenvalue weighted by Gasteiger charge is -2.17. The van der Waals surface area contributed by atoms with Gasteiger partial charge in [-0.3, -0.25) is 4.79 Å². The predicted octanol–water partition coefficient (Wildman–Crippen LogP) is 5.32. The van der Waals surface area contributed by atoms with E-state index in [0.29, 0.717) is 18.9 Å². The molecule has 2 rings (SSSR count). The van der Waals surface area contributed by atoms with Gasteiger partial charge in [0.15, 0.2) is 0 Å². The summed E-state index contributed by atoms with van der Waals surface area (Å²) in [7, 11) is 0. The Morgan fingerprint density at radius 1 is 1.13 bits per heavy atom. The molecule has 0 radical (unpaired) electrons. The number of hydrogen-bond donors (Lipinski definition) is 2. The highest BCUT2D eigenvalue weighted by Crippen LogP contribution is 2.27. The zero-order valence-corrected chi connectivity index (χ0v) is 15.4. The van der Waals surface area contributed by atoms with Crippen molar-refractivity contribution in [3.05, 3.63) is 58.1 Å². The molecule has 1 amide bonds. The molecule has 0 aromatic heterocycles. The Morgan fingerprint density at radius 2 is 1.83 bits per heavy atom. The minimum absolute atomic E-state index is 0.0134. The first-order chi connectivity index (χ1) is 11.0. The number of benzene rings is 2. The second-order valence-electron chi connectivity index (χ2n) is 5.93. The van der Waals surface area contributed by atoms with Crippen molar-refractivity contribution in [3.8, 4) is 0 Å². The fourth-order valence-corrected chi connectivity index (χ4v) is 2.74. The number of para-hydroxylation sites is 1. The van der Waals surface area contributed by atoms with Gasteiger partial charge < -0.3 is 10.6 Å². The average Bonchev–Trinajstić information content (AvgIpc) is 2.51. The molecule has 23 heavy (non-hydrogen) atoms. The Kier molecular flexibility index (Phi) is 6.22. The zero-order valence-electron chi connectivity index (χ0n) is 13.8. The molecule has 0 saturated heterocycles. The van der Waals surface area contributed by atoms with E-state index in [9.17, 15) is 4.79 Å². The van der Waals surface area contributed by atoms with Crippen LogP contribution in [0.25, 0.3) is 0 Å². The minimum Gasteiger partial charge on any atom is -0.384 e. The summed E-state index contributed by atoms with van der Waals surface area (Å²) in [6, 6.07) is 13.9. The van der Waals surface area contributed by atoms with Crippen LogP contribution in [0.5, 0.6) is 0 Å². The van der Waals surface area contributed by atoms with Crippen LogP contribution in [0.2, 0.25) is 0 Å². The van der Waals surface area contributed by atoms with Gasteiger partial charge in [-0.05, 0) is 48.2 Å². The van der Waals surface area contributed by atoms with E-state index in [1.807, 2.05) is 24.3 Å². The summed E-state index contributed by atoms with van der Waals surface area (Å²) in [5.74, 6) is 0.466. The third kappa shape index (κ3) is 5.10. The number of hydrogen-bond acceptors (Lipinski definition) is 2. The van der Waals surface area contributed by atoms with Crippen molar-refractivity contribution in [2.75, 3.05) is 17.2 Å². The van der Waals surface area contributed by atoms with Gasteiger partial charge in [-0.25, -0.2) is 0 Å². The third-order valence-electron chi connectivity index (χ3n) is 3.71. The molecular formula is C19H23BrN2O. The van der Waals surface area contributed by atoms with E-state index < -0.39 is 0 Å². The Balaban J connectivity index is 1.90. The van der Waals surface area contributed by atoms with Gasteiger partial charge in [0.2, 0.25) is 5.91 Å². The molecule has 0 bridgehead atoms. The van der Waals surface area contributed by atoms with Crippen LogP contribution in [0.3, 0.4) is 0 Å². The molecule has 2 aromatic carbocycles. The van der Waals surface area contributed by atoms with E-state index >= 15 is 0 Å². The standard InChI is InChI=1S/C19H23BrN2O/c1-13(2)17-6-4-5-14(3)19(17)21-12-11-18(23)22-16-9-7-15(20)8-10-16/h4-10,13,21H,11-12H2,1-3H3,(H,22,23). The molecule has 2 N–H and O–H groups in total. The fourth-order valence-electron chi connectivity index (χ4n) is 2.47. The van der Waals surface area contributed by atoms with Crippen LogP contribution in [0.15, 0.2) is 46.9 Å². The number of nitrogens with one attached hydrogen (secondary N) is 2. The van der Waals surface area contributed by atoms with Gasteiger partial charge in [0, 0.05) is 28.8 Å². The molecule has 0 fully saturated rings. The van der Waals surface area contributed by atoms with Gasteiger partial charge in [-0.15, -0.1) is 0 Å². The highest BCUT2D eigenvalue weighted by molar-refractivity contribution is 9.10. The SMILES string of the molecule is Cc1cccc(C(C)C)c1NCCC(=O)Nc1ccc(Br)cc1. The Bertz CT molecular complexity index is 666. The molecule has 3 nitrogen and oxygen atoms in total. The van der Waals surface area contributed by atoms with Crippen molar-refractivity contribution in [1.82, 2.24) is 0 Å². The van der Waals surface area contributed by atoms with E-state index in [1.165, 1.54) is 11.1 Å². The van der Waals surface area contributed by atoms with Crippen molar-refractivity contribution in [3.63, 3.8) is 0 Å². The lowest BCUT2D eigenvalue weighted by atomic mass is 9.98. The molecule has 0 aliphatic heterocycles. The van der Waals surface area contributed by atoms with E-state index in [1.54, 1.807) is 0 Å². The highest BCUT2D eigenvalue weighted by atomic mass is 79.9. The van der Waals surface area contributed by atoms with Crippen LogP contribution < -0.4 is 10.6 Å². The number of amides is 1. The molecule has 4 heteroatoms. The van der Waals surface area contributed by atoms with E-state index in [-0.39, 0.29) is 5.91 Å². The molecule has 0 aliphatic carbocycles. The van der Waals surface area contributed by atoms with Gasteiger partial charge in [0.1, 0.15) is 0 Å². The monoisotopic (exact) mass is 374 g/mol. The molecule has 0 saturated carbocycles. The number of halogens is 1. The normalized spacial score (nSPS) is 10.7. The summed E-state index contributed by atoms with van der Waals surface area (Å²) in [6.07, 6.45) is 0.432. The van der Waals surface area contributed by atoms with Crippen molar-refractivity contribution >= 4 is 33.2 Å². The number of rotatable bonds is 6. The summed E-state index contributed by atoms with van der Waals surface area (Å²) < 4.78 is 0.998. The smallest absolute Gasteiger partial charge is 0.226 e. The number of carbonyl (C=O) groups is 1. The molecule has 0 atom stereocenters. The molecule has 0 heterocycles. The summed E-state index contributed by atoms with van der Waals surface area (Å²) in [5.41, 5.74) is 4.47. The number of aryl methyl sites for hydroxylation is 1. The topological polar surface area (TPSA) is 41.1 Å². The van der Waals surface area contributed by atoms with E-state index in [0.717, 1.165) is 15.8 Å². The van der Waals surface area contributed by atoms with Crippen LogP contribution in [0.1, 0.15) is 37.3 Å². The van der Waals surface area contributed by atoms with Crippen LogP contribution in [-0.4, -0.2) is 12.5 Å². The van der Waals surface area contributed by atoms with Crippen molar-refractivity contribution in [1.29, 1.82) is 0 Å². The molecule has 0 aliphatic rings. The largest absolute Gasteiger partial charge is 0.384 e. The van der Waals surface area contributed by atoms with Crippen molar-refractivity contribution < 1.29 is 4.79 Å². The van der Waals surface area contributed by atoms with Gasteiger partial charge in [0.05, 0.1) is 0 Å². The maximum atomic E-state index is 12.0. The fraction of sp³-hybridized carbons (Fsp3) is 0.316. The van der Waals surface area contributed by atoms with Crippen LogP contribution >= 0.6 is 15.9 Å². The lowest BCUT2D eigenvalue weighted by Crippen LogP contribution is -2.17. The number of anilines is 2. The Morgan fingerprint density at radius 3 is 2.48 bits per heavy atom. The van der Waals surface area contributed by atoms with Crippen LogP contribution in [0.4, 0.5) is 11.4 Å². The zero-order chi connectivity index (χ0) is 16.8. The summed E-state index contributed by atoms with van der Waals surface area (Å²) in [5, 5.41) is 6.33. The van der Waals surface area contributed by atoms with Crippen molar-refractivity contribution in [2.24, 2.45) is 0 Å². The van der Waals surface area contributed by atoms with Crippen LogP contribution in [0, 0.1) is 6.92 Å². The Hall–Kier alpha value is -1.81. The van der Waals surface area contributed by atoms with E-state index in [4.69, 9.17) is 0 Å².